The Morgan fingerprint density at radius 2 is 1.91 bits per heavy atom. The maximum absolute atomic E-state index is 13.1. The van der Waals surface area contributed by atoms with Gasteiger partial charge in [0, 0.05) is 46.8 Å². The summed E-state index contributed by atoms with van der Waals surface area (Å²) >= 11 is 1.49. The van der Waals surface area contributed by atoms with E-state index in [1.165, 1.54) is 22.3 Å². The van der Waals surface area contributed by atoms with Crippen molar-refractivity contribution in [1.82, 2.24) is 9.97 Å². The number of fused-ring (bicyclic) bond motifs is 1. The van der Waals surface area contributed by atoms with Crippen LogP contribution in [0, 0.1) is 0 Å². The molecular weight excluding hydrogens is 449 g/mol. The van der Waals surface area contributed by atoms with Crippen LogP contribution in [0.4, 0.5) is 29.3 Å². The Balaban J connectivity index is 1.35. The number of hydrogen-bond acceptors (Lipinski definition) is 4. The molecule has 0 fully saturated rings. The molecule has 0 saturated heterocycles. The fourth-order valence-corrected chi connectivity index (χ4v) is 4.56. The van der Waals surface area contributed by atoms with Crippen molar-refractivity contribution in [3.05, 3.63) is 83.5 Å². The summed E-state index contributed by atoms with van der Waals surface area (Å²) in [4.78, 5) is 23.0. The van der Waals surface area contributed by atoms with Crippen molar-refractivity contribution in [1.29, 1.82) is 0 Å². The molecule has 2 aromatic carbocycles. The third-order valence-corrected chi connectivity index (χ3v) is 6.27. The normalized spacial score (nSPS) is 13.1. The van der Waals surface area contributed by atoms with Crippen LogP contribution in [-0.4, -0.2) is 22.5 Å². The van der Waals surface area contributed by atoms with Gasteiger partial charge in [-0.25, -0.2) is 9.78 Å². The molecule has 2 amide bonds. The maximum atomic E-state index is 13.1. The second-order valence-electron chi connectivity index (χ2n) is 7.53. The summed E-state index contributed by atoms with van der Waals surface area (Å²) in [6, 6.07) is 14.1. The largest absolute Gasteiger partial charge is 0.416 e. The van der Waals surface area contributed by atoms with Crippen LogP contribution in [-0.2, 0) is 12.6 Å². The topological polar surface area (TPSA) is 58.1 Å². The van der Waals surface area contributed by atoms with E-state index >= 15 is 0 Å². The molecule has 0 saturated carbocycles. The predicted octanol–water partition coefficient (Wildman–Crippen LogP) is 6.49. The van der Waals surface area contributed by atoms with E-state index in [9.17, 15) is 18.0 Å². The van der Waals surface area contributed by atoms with Crippen molar-refractivity contribution in [2.75, 3.05) is 16.8 Å². The molecule has 1 aliphatic rings. The summed E-state index contributed by atoms with van der Waals surface area (Å²) < 4.78 is 39.4. The fourth-order valence-electron chi connectivity index (χ4n) is 3.74. The van der Waals surface area contributed by atoms with E-state index in [2.05, 4.69) is 15.3 Å². The molecule has 33 heavy (non-hydrogen) atoms. The summed E-state index contributed by atoms with van der Waals surface area (Å²) in [5, 5.41) is 5.57. The van der Waals surface area contributed by atoms with Gasteiger partial charge in [-0.1, -0.05) is 18.2 Å². The van der Waals surface area contributed by atoms with Gasteiger partial charge in [0.1, 0.15) is 5.01 Å². The number of benzene rings is 2. The number of anilines is 2. The molecule has 5 rings (SSSR count). The van der Waals surface area contributed by atoms with Gasteiger partial charge >= 0.3 is 12.2 Å². The third-order valence-electron chi connectivity index (χ3n) is 5.38. The quantitative estimate of drug-likeness (QED) is 0.376. The van der Waals surface area contributed by atoms with Crippen molar-refractivity contribution >= 4 is 28.7 Å². The molecule has 9 heteroatoms. The molecule has 166 valence electrons. The molecule has 4 aromatic rings. The number of nitrogens with one attached hydrogen (secondary N) is 1. The lowest BCUT2D eigenvalue weighted by Gasteiger charge is -2.19. The number of urea groups is 1. The zero-order valence-corrected chi connectivity index (χ0v) is 18.0. The number of rotatable bonds is 3. The Labute approximate surface area is 191 Å². The average Bonchev–Trinajstić information content (AvgIpc) is 3.46. The molecule has 0 spiro atoms. The smallest absolute Gasteiger partial charge is 0.308 e. The van der Waals surface area contributed by atoms with E-state index < -0.39 is 17.8 Å². The maximum Gasteiger partial charge on any atom is 0.416 e. The van der Waals surface area contributed by atoms with Gasteiger partial charge in [-0.3, -0.25) is 9.88 Å². The Hall–Kier alpha value is -3.72. The number of pyridine rings is 1. The van der Waals surface area contributed by atoms with Crippen LogP contribution in [0.3, 0.4) is 0 Å². The Morgan fingerprint density at radius 1 is 1.06 bits per heavy atom. The van der Waals surface area contributed by atoms with E-state index in [0.717, 1.165) is 39.5 Å². The molecule has 3 heterocycles. The molecule has 0 bridgehead atoms. The lowest BCUT2D eigenvalue weighted by molar-refractivity contribution is -0.137. The first-order valence-corrected chi connectivity index (χ1v) is 11.0. The van der Waals surface area contributed by atoms with Crippen LogP contribution in [0.25, 0.3) is 21.8 Å². The lowest BCUT2D eigenvalue weighted by Crippen LogP contribution is -2.33. The second-order valence-corrected chi connectivity index (χ2v) is 8.39. The first kappa shape index (κ1) is 21.1. The van der Waals surface area contributed by atoms with E-state index in [1.807, 2.05) is 23.6 Å². The van der Waals surface area contributed by atoms with Crippen molar-refractivity contribution in [2.24, 2.45) is 0 Å². The summed E-state index contributed by atoms with van der Waals surface area (Å²) in [6.07, 6.45) is -0.503. The molecule has 0 radical (unpaired) electrons. The SMILES string of the molecule is O=C(Nc1cccc(-c2csc(-c3cccnc3)n2)c1)N1CCc2ccc(C(F)(F)F)cc21. The minimum absolute atomic E-state index is 0.291. The highest BCUT2D eigenvalue weighted by molar-refractivity contribution is 7.13. The molecule has 1 N–H and O–H groups in total. The van der Waals surface area contributed by atoms with E-state index in [0.29, 0.717) is 24.3 Å². The summed E-state index contributed by atoms with van der Waals surface area (Å²) in [6.45, 7) is 0.322. The highest BCUT2D eigenvalue weighted by atomic mass is 32.1. The van der Waals surface area contributed by atoms with Crippen LogP contribution in [0.5, 0.6) is 0 Å². The number of nitrogens with zero attached hydrogens (tertiary/aromatic N) is 3. The van der Waals surface area contributed by atoms with Crippen molar-refractivity contribution in [2.45, 2.75) is 12.6 Å². The molecule has 5 nitrogen and oxygen atoms in total. The van der Waals surface area contributed by atoms with Crippen molar-refractivity contribution < 1.29 is 18.0 Å². The van der Waals surface area contributed by atoms with Crippen molar-refractivity contribution in [3.8, 4) is 21.8 Å². The first-order chi connectivity index (χ1) is 15.9. The van der Waals surface area contributed by atoms with Crippen LogP contribution in [0.1, 0.15) is 11.1 Å². The van der Waals surface area contributed by atoms with Gasteiger partial charge in [-0.2, -0.15) is 13.2 Å². The number of thiazole rings is 1. The van der Waals surface area contributed by atoms with E-state index in [-0.39, 0.29) is 0 Å². The predicted molar refractivity (Wildman–Crippen MR) is 122 cm³/mol. The molecule has 0 unspecified atom stereocenters. The van der Waals surface area contributed by atoms with Gasteiger partial charge in [0.25, 0.3) is 0 Å². The van der Waals surface area contributed by atoms with Gasteiger partial charge in [-0.05, 0) is 48.4 Å². The highest BCUT2D eigenvalue weighted by Gasteiger charge is 2.33. The van der Waals surface area contributed by atoms with E-state index in [1.54, 1.807) is 30.6 Å². The molecule has 1 aliphatic heterocycles. The number of halogens is 3. The standard InChI is InChI=1S/C24H17F3N4OS/c25-24(26,27)18-7-6-15-8-10-31(21(15)12-18)23(32)29-19-5-1-3-16(11-19)20-14-33-22(30-20)17-4-2-9-28-13-17/h1-7,9,11-14H,8,10H2,(H,29,32). The van der Waals surface area contributed by atoms with Gasteiger partial charge in [-0.15, -0.1) is 11.3 Å². The molecule has 0 aliphatic carbocycles. The number of alkyl halides is 3. The Kier molecular flexibility index (Phi) is 5.33. The average molecular weight is 466 g/mol. The minimum atomic E-state index is -4.46. The van der Waals surface area contributed by atoms with Gasteiger partial charge in [0.2, 0.25) is 0 Å². The summed E-state index contributed by atoms with van der Waals surface area (Å²) in [5.74, 6) is 0. The van der Waals surface area contributed by atoms with Crippen LogP contribution >= 0.6 is 11.3 Å². The molecular formula is C24H17F3N4OS. The third kappa shape index (κ3) is 4.31. The summed E-state index contributed by atoms with van der Waals surface area (Å²) in [5.41, 5.74) is 3.28. The Bertz CT molecular complexity index is 1320. The number of aromatic nitrogens is 2. The first-order valence-electron chi connectivity index (χ1n) is 10.1. The van der Waals surface area contributed by atoms with Crippen molar-refractivity contribution in [3.63, 3.8) is 0 Å². The number of amides is 2. The summed E-state index contributed by atoms with van der Waals surface area (Å²) in [7, 11) is 0. The number of carbonyl (C=O) groups excluding carboxylic acids is 1. The zero-order chi connectivity index (χ0) is 23.0. The highest BCUT2D eigenvalue weighted by Crippen LogP contribution is 2.36. The van der Waals surface area contributed by atoms with Gasteiger partial charge in [0.05, 0.1) is 11.3 Å². The molecule has 0 atom stereocenters. The van der Waals surface area contributed by atoms with Gasteiger partial charge < -0.3 is 5.32 Å². The zero-order valence-electron chi connectivity index (χ0n) is 17.1. The molecule has 2 aromatic heterocycles. The fraction of sp³-hybridized carbons (Fsp3) is 0.125. The second kappa shape index (κ2) is 8.32. The van der Waals surface area contributed by atoms with Crippen LogP contribution in [0.15, 0.2) is 72.4 Å². The number of carbonyl (C=O) groups is 1. The number of hydrogen-bond donors (Lipinski definition) is 1. The monoisotopic (exact) mass is 466 g/mol. The lowest BCUT2D eigenvalue weighted by atomic mass is 10.1. The van der Waals surface area contributed by atoms with Crippen LogP contribution in [0.2, 0.25) is 0 Å². The van der Waals surface area contributed by atoms with Crippen LogP contribution < -0.4 is 10.2 Å². The Morgan fingerprint density at radius 3 is 2.70 bits per heavy atom. The minimum Gasteiger partial charge on any atom is -0.308 e. The van der Waals surface area contributed by atoms with E-state index in [4.69, 9.17) is 0 Å². The van der Waals surface area contributed by atoms with Gasteiger partial charge in [0.15, 0.2) is 0 Å².